The van der Waals surface area contributed by atoms with Gasteiger partial charge in [-0.25, -0.2) is 14.6 Å². The van der Waals surface area contributed by atoms with Crippen molar-refractivity contribution in [2.24, 2.45) is 0 Å². The summed E-state index contributed by atoms with van der Waals surface area (Å²) in [7, 11) is 3.26. The molecule has 9 heteroatoms. The van der Waals surface area contributed by atoms with E-state index in [1.807, 2.05) is 29.2 Å². The minimum Gasteiger partial charge on any atom is -0.497 e. The van der Waals surface area contributed by atoms with Gasteiger partial charge in [0.05, 0.1) is 37.4 Å². The van der Waals surface area contributed by atoms with Crippen molar-refractivity contribution in [1.82, 2.24) is 29.5 Å². The molecule has 3 heterocycles. The second-order valence-electron chi connectivity index (χ2n) is 9.35. The van der Waals surface area contributed by atoms with Gasteiger partial charge >= 0.3 is 0 Å². The topological polar surface area (TPSA) is 85.6 Å². The fourth-order valence-electron chi connectivity index (χ4n) is 5.18. The Balaban J connectivity index is 1.47. The molecule has 1 aromatic carbocycles. The normalized spacial score (nSPS) is 17.6. The Morgan fingerprint density at radius 3 is 2.61 bits per heavy atom. The smallest absolute Gasteiger partial charge is 0.257 e. The highest BCUT2D eigenvalue weighted by Crippen LogP contribution is 2.43. The highest BCUT2D eigenvalue weighted by molar-refractivity contribution is 5.95. The van der Waals surface area contributed by atoms with E-state index >= 15 is 0 Å². The van der Waals surface area contributed by atoms with Gasteiger partial charge in [0, 0.05) is 36.8 Å². The summed E-state index contributed by atoms with van der Waals surface area (Å²) in [5, 5.41) is 4.62. The van der Waals surface area contributed by atoms with Gasteiger partial charge in [-0.15, -0.1) is 0 Å². The highest BCUT2D eigenvalue weighted by Gasteiger charge is 2.37. The predicted octanol–water partition coefficient (Wildman–Crippen LogP) is 3.78. The van der Waals surface area contributed by atoms with E-state index < -0.39 is 0 Å². The molecule has 5 rings (SSSR count). The third-order valence-electron chi connectivity index (χ3n) is 7.30. The highest BCUT2D eigenvalue weighted by atomic mass is 16.5. The summed E-state index contributed by atoms with van der Waals surface area (Å²) in [5.41, 5.74) is 3.09. The van der Waals surface area contributed by atoms with Gasteiger partial charge in [0.1, 0.15) is 11.5 Å². The maximum Gasteiger partial charge on any atom is 0.257 e. The van der Waals surface area contributed by atoms with Crippen LogP contribution in [0.2, 0.25) is 0 Å². The molecule has 0 N–H and O–H groups in total. The number of rotatable bonds is 9. The Labute approximate surface area is 212 Å². The number of likely N-dealkylation sites (N-methyl/N-ethyl adjacent to an activating group) is 1. The average molecular weight is 491 g/mol. The van der Waals surface area contributed by atoms with Gasteiger partial charge in [0.25, 0.3) is 11.9 Å². The van der Waals surface area contributed by atoms with Crippen molar-refractivity contribution in [2.75, 3.05) is 40.4 Å². The summed E-state index contributed by atoms with van der Waals surface area (Å²) in [6.45, 7) is 7.89. The van der Waals surface area contributed by atoms with Crippen molar-refractivity contribution in [2.45, 2.75) is 45.1 Å². The Morgan fingerprint density at radius 2 is 1.92 bits per heavy atom. The molecule has 1 atom stereocenters. The number of carbonyl (C=O) groups is 1. The van der Waals surface area contributed by atoms with Crippen molar-refractivity contribution in [3.63, 3.8) is 0 Å². The molecular formula is C27H34N6O3. The third kappa shape index (κ3) is 4.55. The summed E-state index contributed by atoms with van der Waals surface area (Å²) < 4.78 is 12.7. The Hall–Kier alpha value is -3.46. The van der Waals surface area contributed by atoms with Crippen molar-refractivity contribution >= 4 is 5.91 Å². The number of aromatic nitrogens is 4. The van der Waals surface area contributed by atoms with Crippen LogP contribution in [0.25, 0.3) is 17.2 Å². The number of hydrogen-bond donors (Lipinski definition) is 0. The van der Waals surface area contributed by atoms with Gasteiger partial charge in [-0.05, 0) is 56.6 Å². The van der Waals surface area contributed by atoms with Crippen LogP contribution >= 0.6 is 0 Å². The van der Waals surface area contributed by atoms with Crippen molar-refractivity contribution in [3.8, 4) is 28.7 Å². The van der Waals surface area contributed by atoms with E-state index in [1.165, 1.54) is 0 Å². The van der Waals surface area contributed by atoms with E-state index in [-0.39, 0.29) is 5.91 Å². The second-order valence-corrected chi connectivity index (χ2v) is 9.35. The molecule has 2 fully saturated rings. The monoisotopic (exact) mass is 490 g/mol. The van der Waals surface area contributed by atoms with Gasteiger partial charge in [-0.3, -0.25) is 9.69 Å². The van der Waals surface area contributed by atoms with E-state index in [0.717, 1.165) is 56.7 Å². The fraction of sp³-hybridized carbons (Fsp3) is 0.481. The SMILES string of the molecule is CCN(CC)[C@@H]1CCN(C(=O)c2cnn(-c3nccc(-c4cc(OC)ccc4OC)n3)c2C2CC2)C1. The maximum absolute atomic E-state index is 13.6. The number of benzene rings is 1. The fourth-order valence-corrected chi connectivity index (χ4v) is 5.18. The van der Waals surface area contributed by atoms with E-state index in [1.54, 1.807) is 31.3 Å². The number of likely N-dealkylation sites (tertiary alicyclic amines) is 1. The predicted molar refractivity (Wildman–Crippen MR) is 137 cm³/mol. The number of ether oxygens (including phenoxy) is 2. The molecule has 0 unspecified atom stereocenters. The molecule has 1 aliphatic carbocycles. The van der Waals surface area contributed by atoms with Crippen LogP contribution in [-0.2, 0) is 0 Å². The number of nitrogens with zero attached hydrogens (tertiary/aromatic N) is 6. The number of carbonyl (C=O) groups excluding carboxylic acids is 1. The molecule has 0 spiro atoms. The molecule has 0 radical (unpaired) electrons. The molecule has 3 aromatic rings. The first kappa shape index (κ1) is 24.2. The lowest BCUT2D eigenvalue weighted by Crippen LogP contribution is -2.38. The third-order valence-corrected chi connectivity index (χ3v) is 7.30. The van der Waals surface area contributed by atoms with Crippen LogP contribution in [0.15, 0.2) is 36.7 Å². The molecule has 1 aliphatic heterocycles. The van der Waals surface area contributed by atoms with E-state index in [0.29, 0.717) is 40.7 Å². The summed E-state index contributed by atoms with van der Waals surface area (Å²) in [6.07, 6.45) is 6.50. The number of methoxy groups -OCH3 is 2. The largest absolute Gasteiger partial charge is 0.497 e. The number of amides is 1. The molecular weight excluding hydrogens is 456 g/mol. The van der Waals surface area contributed by atoms with E-state index in [9.17, 15) is 4.79 Å². The molecule has 1 saturated heterocycles. The van der Waals surface area contributed by atoms with Crippen LogP contribution in [0, 0.1) is 0 Å². The standard InChI is InChI=1S/C27H34N6O3/c1-5-31(6-2)19-12-14-32(17-19)26(34)22-16-29-33(25(22)18-7-8-18)27-28-13-11-23(30-27)21-15-20(35-3)9-10-24(21)36-4/h9-11,13,15-16,18-19H,5-8,12,14,17H2,1-4H3/t19-/m1/s1. The Kier molecular flexibility index (Phi) is 6.91. The first-order chi connectivity index (χ1) is 17.6. The molecule has 2 aromatic heterocycles. The zero-order chi connectivity index (χ0) is 25.2. The van der Waals surface area contributed by atoms with Gasteiger partial charge in [-0.2, -0.15) is 5.10 Å². The van der Waals surface area contributed by atoms with Gasteiger partial charge < -0.3 is 14.4 Å². The van der Waals surface area contributed by atoms with Crippen LogP contribution in [0.3, 0.4) is 0 Å². The van der Waals surface area contributed by atoms with Crippen LogP contribution in [0.1, 0.15) is 55.1 Å². The second kappa shape index (κ2) is 10.3. The molecule has 2 aliphatic rings. The van der Waals surface area contributed by atoms with Crippen molar-refractivity contribution < 1.29 is 14.3 Å². The van der Waals surface area contributed by atoms with E-state index in [2.05, 4.69) is 28.8 Å². The summed E-state index contributed by atoms with van der Waals surface area (Å²) in [4.78, 5) is 27.4. The first-order valence-corrected chi connectivity index (χ1v) is 12.7. The number of hydrogen-bond acceptors (Lipinski definition) is 7. The summed E-state index contributed by atoms with van der Waals surface area (Å²) in [5.74, 6) is 2.21. The first-order valence-electron chi connectivity index (χ1n) is 12.7. The molecule has 190 valence electrons. The quantitative estimate of drug-likeness (QED) is 0.451. The zero-order valence-electron chi connectivity index (χ0n) is 21.5. The summed E-state index contributed by atoms with van der Waals surface area (Å²) >= 11 is 0. The van der Waals surface area contributed by atoms with Gasteiger partial charge in [-0.1, -0.05) is 13.8 Å². The lowest BCUT2D eigenvalue weighted by molar-refractivity contribution is 0.0776. The summed E-state index contributed by atoms with van der Waals surface area (Å²) in [6, 6.07) is 7.86. The molecule has 1 saturated carbocycles. The Bertz CT molecular complexity index is 1230. The van der Waals surface area contributed by atoms with E-state index in [4.69, 9.17) is 14.5 Å². The van der Waals surface area contributed by atoms with Crippen molar-refractivity contribution in [3.05, 3.63) is 47.9 Å². The minimum atomic E-state index is 0.0587. The van der Waals surface area contributed by atoms with Crippen LogP contribution in [0.5, 0.6) is 11.5 Å². The Morgan fingerprint density at radius 1 is 1.11 bits per heavy atom. The molecule has 9 nitrogen and oxygen atoms in total. The maximum atomic E-state index is 13.6. The van der Waals surface area contributed by atoms with Gasteiger partial charge in [0.15, 0.2) is 0 Å². The minimum absolute atomic E-state index is 0.0587. The van der Waals surface area contributed by atoms with Crippen LogP contribution in [-0.4, -0.2) is 81.9 Å². The lowest BCUT2D eigenvalue weighted by atomic mass is 10.1. The van der Waals surface area contributed by atoms with Crippen LogP contribution < -0.4 is 9.47 Å². The lowest BCUT2D eigenvalue weighted by Gasteiger charge is -2.26. The molecule has 0 bridgehead atoms. The molecule has 36 heavy (non-hydrogen) atoms. The zero-order valence-corrected chi connectivity index (χ0v) is 21.5. The van der Waals surface area contributed by atoms with Crippen molar-refractivity contribution in [1.29, 1.82) is 0 Å². The average Bonchev–Trinajstić information content (AvgIpc) is 3.47. The van der Waals surface area contributed by atoms with Crippen LogP contribution in [0.4, 0.5) is 0 Å². The molecule has 1 amide bonds. The van der Waals surface area contributed by atoms with Gasteiger partial charge in [0.2, 0.25) is 0 Å².